The molecule has 1 aliphatic heterocycles. The van der Waals surface area contributed by atoms with Crippen molar-refractivity contribution in [3.05, 3.63) is 0 Å². The predicted octanol–water partition coefficient (Wildman–Crippen LogP) is 2.00. The van der Waals surface area contributed by atoms with Crippen LogP contribution in [0, 0.1) is 0 Å². The summed E-state index contributed by atoms with van der Waals surface area (Å²) in [5.41, 5.74) is 0. The molecule has 0 aromatic rings. The molecule has 0 unspecified atom stereocenters. The lowest BCUT2D eigenvalue weighted by Crippen LogP contribution is -2.46. The van der Waals surface area contributed by atoms with Crippen molar-refractivity contribution < 1.29 is 9.53 Å². The molecule has 0 radical (unpaired) electrons. The summed E-state index contributed by atoms with van der Waals surface area (Å²) < 4.78 is 4.92. The van der Waals surface area contributed by atoms with Crippen molar-refractivity contribution in [2.24, 2.45) is 0 Å². The Bertz CT molecular complexity index is 209. The van der Waals surface area contributed by atoms with Gasteiger partial charge in [-0.2, -0.15) is 0 Å². The Labute approximate surface area is 98.3 Å². The average molecular weight is 228 g/mol. The van der Waals surface area contributed by atoms with E-state index in [4.69, 9.17) is 4.74 Å². The quantitative estimate of drug-likeness (QED) is 0.748. The van der Waals surface area contributed by atoms with Crippen LogP contribution in [0.2, 0.25) is 0 Å². The molecule has 1 atom stereocenters. The Kier molecular flexibility index (Phi) is 6.23. The fourth-order valence-corrected chi connectivity index (χ4v) is 2.23. The Morgan fingerprint density at radius 2 is 2.25 bits per heavy atom. The third kappa shape index (κ3) is 4.00. The van der Waals surface area contributed by atoms with E-state index in [1.165, 1.54) is 12.8 Å². The molecule has 0 aromatic heterocycles. The molecular formula is C12H24N2O2. The smallest absolute Gasteiger partial charge is 0.317 e. The fraction of sp³-hybridized carbons (Fsp3) is 0.917. The molecule has 0 spiro atoms. The average Bonchev–Trinajstić information content (AvgIpc) is 2.54. The first-order valence-electron chi connectivity index (χ1n) is 6.33. The minimum atomic E-state index is 0.0748. The van der Waals surface area contributed by atoms with Crippen molar-refractivity contribution in [1.82, 2.24) is 10.2 Å². The number of methoxy groups -OCH3 is 1. The van der Waals surface area contributed by atoms with Crippen molar-refractivity contribution in [2.45, 2.75) is 45.1 Å². The summed E-state index contributed by atoms with van der Waals surface area (Å²) >= 11 is 0. The van der Waals surface area contributed by atoms with Gasteiger partial charge in [0.2, 0.25) is 0 Å². The number of carbonyl (C=O) groups excluding carboxylic acids is 1. The second-order valence-corrected chi connectivity index (χ2v) is 4.33. The molecule has 1 fully saturated rings. The zero-order valence-corrected chi connectivity index (χ0v) is 10.5. The highest BCUT2D eigenvalue weighted by Gasteiger charge is 2.23. The second-order valence-electron chi connectivity index (χ2n) is 4.33. The number of nitrogens with one attached hydrogen (secondary N) is 1. The maximum absolute atomic E-state index is 12.0. The Hall–Kier alpha value is -0.770. The number of hydrogen-bond acceptors (Lipinski definition) is 2. The lowest BCUT2D eigenvalue weighted by molar-refractivity contribution is 0.163. The third-order valence-corrected chi connectivity index (χ3v) is 3.19. The summed E-state index contributed by atoms with van der Waals surface area (Å²) in [5, 5.41) is 2.91. The van der Waals surface area contributed by atoms with Gasteiger partial charge >= 0.3 is 6.03 Å². The minimum Gasteiger partial charge on any atom is -0.383 e. The molecule has 94 valence electrons. The van der Waals surface area contributed by atoms with Crippen LogP contribution in [0.1, 0.15) is 39.0 Å². The zero-order valence-electron chi connectivity index (χ0n) is 10.5. The van der Waals surface area contributed by atoms with E-state index in [1.807, 2.05) is 4.90 Å². The van der Waals surface area contributed by atoms with E-state index in [0.29, 0.717) is 19.2 Å². The van der Waals surface area contributed by atoms with Crippen LogP contribution in [-0.4, -0.2) is 43.8 Å². The van der Waals surface area contributed by atoms with Gasteiger partial charge in [0.15, 0.2) is 0 Å². The number of rotatable bonds is 4. The molecule has 0 bridgehead atoms. The summed E-state index contributed by atoms with van der Waals surface area (Å²) in [7, 11) is 1.65. The van der Waals surface area contributed by atoms with Gasteiger partial charge in [0.1, 0.15) is 0 Å². The van der Waals surface area contributed by atoms with Gasteiger partial charge in [0, 0.05) is 26.2 Å². The van der Waals surface area contributed by atoms with Gasteiger partial charge < -0.3 is 15.0 Å². The van der Waals surface area contributed by atoms with Crippen molar-refractivity contribution in [3.8, 4) is 0 Å². The van der Waals surface area contributed by atoms with Crippen LogP contribution in [0.4, 0.5) is 4.79 Å². The van der Waals surface area contributed by atoms with E-state index in [0.717, 1.165) is 25.8 Å². The maximum atomic E-state index is 12.0. The number of amides is 2. The van der Waals surface area contributed by atoms with E-state index in [9.17, 15) is 4.79 Å². The predicted molar refractivity (Wildman–Crippen MR) is 64.5 cm³/mol. The highest BCUT2D eigenvalue weighted by Crippen LogP contribution is 2.18. The van der Waals surface area contributed by atoms with Crippen LogP contribution in [-0.2, 0) is 4.74 Å². The van der Waals surface area contributed by atoms with Gasteiger partial charge in [0.25, 0.3) is 0 Å². The van der Waals surface area contributed by atoms with Crippen LogP contribution in [0.15, 0.2) is 0 Å². The van der Waals surface area contributed by atoms with Crippen LogP contribution < -0.4 is 5.32 Å². The molecule has 0 saturated carbocycles. The molecule has 4 nitrogen and oxygen atoms in total. The maximum Gasteiger partial charge on any atom is 0.317 e. The van der Waals surface area contributed by atoms with Crippen LogP contribution in [0.3, 0.4) is 0 Å². The number of urea groups is 1. The van der Waals surface area contributed by atoms with E-state index < -0.39 is 0 Å². The third-order valence-electron chi connectivity index (χ3n) is 3.19. The number of ether oxygens (including phenoxy) is 1. The first-order chi connectivity index (χ1) is 7.79. The Morgan fingerprint density at radius 3 is 2.94 bits per heavy atom. The van der Waals surface area contributed by atoms with Crippen LogP contribution in [0.25, 0.3) is 0 Å². The molecule has 1 saturated heterocycles. The highest BCUT2D eigenvalue weighted by molar-refractivity contribution is 5.74. The van der Waals surface area contributed by atoms with E-state index in [1.54, 1.807) is 7.11 Å². The van der Waals surface area contributed by atoms with Gasteiger partial charge in [-0.05, 0) is 19.3 Å². The summed E-state index contributed by atoms with van der Waals surface area (Å²) in [5.74, 6) is 0. The van der Waals surface area contributed by atoms with Crippen molar-refractivity contribution in [2.75, 3.05) is 26.8 Å². The molecule has 4 heteroatoms. The molecule has 1 rings (SSSR count). The molecule has 1 N–H and O–H groups in total. The van der Waals surface area contributed by atoms with Gasteiger partial charge in [-0.1, -0.05) is 19.8 Å². The first-order valence-corrected chi connectivity index (χ1v) is 6.33. The summed E-state index contributed by atoms with van der Waals surface area (Å²) in [6, 6.07) is 0.496. The van der Waals surface area contributed by atoms with Gasteiger partial charge in [0.05, 0.1) is 6.61 Å². The normalized spacial score (nSPS) is 21.6. The van der Waals surface area contributed by atoms with Crippen LogP contribution in [0.5, 0.6) is 0 Å². The molecule has 16 heavy (non-hydrogen) atoms. The highest BCUT2D eigenvalue weighted by atomic mass is 16.5. The van der Waals surface area contributed by atoms with Crippen molar-refractivity contribution in [1.29, 1.82) is 0 Å². The van der Waals surface area contributed by atoms with E-state index in [-0.39, 0.29) is 6.03 Å². The number of likely N-dealkylation sites (tertiary alicyclic amines) is 1. The summed E-state index contributed by atoms with van der Waals surface area (Å²) in [6.45, 7) is 4.24. The molecule has 1 heterocycles. The molecule has 1 aliphatic rings. The SMILES string of the molecule is CC[C@H]1CCCCCN1C(=O)NCCOC. The zero-order chi connectivity index (χ0) is 11.8. The molecular weight excluding hydrogens is 204 g/mol. The monoisotopic (exact) mass is 228 g/mol. The van der Waals surface area contributed by atoms with Gasteiger partial charge in [-0.15, -0.1) is 0 Å². The lowest BCUT2D eigenvalue weighted by Gasteiger charge is -2.29. The first kappa shape index (κ1) is 13.3. The van der Waals surface area contributed by atoms with E-state index >= 15 is 0 Å². The van der Waals surface area contributed by atoms with Crippen LogP contribution >= 0.6 is 0 Å². The molecule has 0 aromatic carbocycles. The number of nitrogens with zero attached hydrogens (tertiary/aromatic N) is 1. The lowest BCUT2D eigenvalue weighted by atomic mass is 10.1. The number of hydrogen-bond donors (Lipinski definition) is 1. The van der Waals surface area contributed by atoms with Gasteiger partial charge in [-0.25, -0.2) is 4.79 Å². The molecule has 0 aliphatic carbocycles. The standard InChI is InChI=1S/C12H24N2O2/c1-3-11-7-5-4-6-9-14(11)12(15)13-8-10-16-2/h11H,3-10H2,1-2H3,(H,13,15)/t11-/m0/s1. The largest absolute Gasteiger partial charge is 0.383 e. The summed E-state index contributed by atoms with van der Waals surface area (Å²) in [6.07, 6.45) is 5.83. The van der Waals surface area contributed by atoms with Crippen molar-refractivity contribution in [3.63, 3.8) is 0 Å². The fourth-order valence-electron chi connectivity index (χ4n) is 2.23. The topological polar surface area (TPSA) is 41.6 Å². The molecule has 2 amide bonds. The Balaban J connectivity index is 2.42. The Morgan fingerprint density at radius 1 is 1.44 bits per heavy atom. The van der Waals surface area contributed by atoms with Crippen molar-refractivity contribution >= 4 is 6.03 Å². The van der Waals surface area contributed by atoms with Gasteiger partial charge in [-0.3, -0.25) is 0 Å². The summed E-state index contributed by atoms with van der Waals surface area (Å²) in [4.78, 5) is 14.0. The number of carbonyl (C=O) groups is 1. The minimum absolute atomic E-state index is 0.0748. The second kappa shape index (κ2) is 7.49. The van der Waals surface area contributed by atoms with E-state index in [2.05, 4.69) is 12.2 Å².